The average molecular weight is 249 g/mol. The van der Waals surface area contributed by atoms with E-state index in [4.69, 9.17) is 5.11 Å². The predicted molar refractivity (Wildman–Crippen MR) is 56.6 cm³/mol. The van der Waals surface area contributed by atoms with Gasteiger partial charge in [-0.05, 0) is 6.92 Å². The molecule has 16 heavy (non-hydrogen) atoms. The molecule has 6 nitrogen and oxygen atoms in total. The van der Waals surface area contributed by atoms with Gasteiger partial charge in [0.25, 0.3) is 0 Å². The topological polar surface area (TPSA) is 91.8 Å². The van der Waals surface area contributed by atoms with E-state index in [1.54, 1.807) is 6.92 Å². The highest BCUT2D eigenvalue weighted by Crippen LogP contribution is 2.20. The molecule has 0 bridgehead atoms. The largest absolute Gasteiger partial charge is 0.481 e. The van der Waals surface area contributed by atoms with E-state index in [9.17, 15) is 18.0 Å². The molecule has 2 atom stereocenters. The van der Waals surface area contributed by atoms with Crippen molar-refractivity contribution in [3.05, 3.63) is 0 Å². The molecule has 2 unspecified atom stereocenters. The lowest BCUT2D eigenvalue weighted by Crippen LogP contribution is -2.39. The zero-order valence-corrected chi connectivity index (χ0v) is 10.0. The van der Waals surface area contributed by atoms with Crippen LogP contribution in [0.2, 0.25) is 0 Å². The van der Waals surface area contributed by atoms with Crippen LogP contribution < -0.4 is 0 Å². The number of carbonyl (C=O) groups excluding carboxylic acids is 1. The zero-order chi connectivity index (χ0) is 12.5. The van der Waals surface area contributed by atoms with Crippen LogP contribution in [-0.4, -0.2) is 54.9 Å². The summed E-state index contributed by atoms with van der Waals surface area (Å²) in [5.74, 6) is -2.15. The molecular formula is C9H15NO5S. The first-order valence-corrected chi connectivity index (χ1v) is 6.96. The summed E-state index contributed by atoms with van der Waals surface area (Å²) in [5.41, 5.74) is 0. The molecule has 1 aliphatic heterocycles. The van der Waals surface area contributed by atoms with Crippen LogP contribution in [0.25, 0.3) is 0 Å². The minimum atomic E-state index is -3.16. The number of nitrogens with zero attached hydrogens (tertiary/aromatic N) is 1. The van der Waals surface area contributed by atoms with E-state index >= 15 is 0 Å². The Morgan fingerprint density at radius 2 is 2.19 bits per heavy atom. The molecule has 0 spiro atoms. The number of aliphatic carboxylic acids is 1. The monoisotopic (exact) mass is 249 g/mol. The van der Waals surface area contributed by atoms with Crippen LogP contribution >= 0.6 is 0 Å². The first kappa shape index (κ1) is 13.0. The second kappa shape index (κ2) is 4.40. The Balaban J connectivity index is 2.68. The van der Waals surface area contributed by atoms with Gasteiger partial charge in [0.15, 0.2) is 0 Å². The van der Waals surface area contributed by atoms with Gasteiger partial charge in [-0.2, -0.15) is 0 Å². The van der Waals surface area contributed by atoms with E-state index in [2.05, 4.69) is 0 Å². The van der Waals surface area contributed by atoms with Crippen LogP contribution in [0, 0.1) is 5.92 Å². The third-order valence-corrected chi connectivity index (χ3v) is 3.67. The first-order chi connectivity index (χ1) is 7.20. The lowest BCUT2D eigenvalue weighted by Gasteiger charge is -2.23. The molecule has 0 radical (unpaired) electrons. The Kier molecular flexibility index (Phi) is 3.57. The maximum absolute atomic E-state index is 11.5. The van der Waals surface area contributed by atoms with Crippen molar-refractivity contribution < 1.29 is 23.1 Å². The predicted octanol–water partition coefficient (Wildman–Crippen LogP) is -0.647. The molecule has 7 heteroatoms. The number of carboxylic acids is 1. The van der Waals surface area contributed by atoms with Crippen LogP contribution in [0.3, 0.4) is 0 Å². The van der Waals surface area contributed by atoms with E-state index in [1.165, 1.54) is 4.90 Å². The lowest BCUT2D eigenvalue weighted by molar-refractivity contribution is -0.141. The van der Waals surface area contributed by atoms with Gasteiger partial charge in [-0.25, -0.2) is 8.42 Å². The molecule has 0 aromatic carbocycles. The number of rotatable bonds is 4. The van der Waals surface area contributed by atoms with E-state index in [1.807, 2.05) is 0 Å². The summed E-state index contributed by atoms with van der Waals surface area (Å²) in [7, 11) is -3.16. The molecule has 1 saturated heterocycles. The zero-order valence-electron chi connectivity index (χ0n) is 9.21. The van der Waals surface area contributed by atoms with Crippen molar-refractivity contribution in [2.24, 2.45) is 5.92 Å². The smallest absolute Gasteiger partial charge is 0.308 e. The van der Waals surface area contributed by atoms with Gasteiger partial charge in [0.2, 0.25) is 5.91 Å². The number of likely N-dealkylation sites (tertiary alicyclic amines) is 1. The van der Waals surface area contributed by atoms with Gasteiger partial charge in [-0.15, -0.1) is 0 Å². The molecule has 1 heterocycles. The molecule has 1 rings (SSSR count). The first-order valence-electron chi connectivity index (χ1n) is 4.90. The SMILES string of the molecule is CC(CS(C)(=O)=O)N1CC(C(=O)O)CC1=O. The number of carboxylic acid groups (broad SMARTS) is 1. The highest BCUT2D eigenvalue weighted by Gasteiger charge is 2.37. The summed E-state index contributed by atoms with van der Waals surface area (Å²) in [6.45, 7) is 1.72. The van der Waals surface area contributed by atoms with Gasteiger partial charge < -0.3 is 10.0 Å². The molecule has 1 amide bonds. The fourth-order valence-corrected chi connectivity index (χ4v) is 2.91. The standard InChI is InChI=1S/C9H15NO5S/c1-6(5-16(2,14)15)10-4-7(9(12)13)3-8(10)11/h6-7H,3-5H2,1-2H3,(H,12,13). The Morgan fingerprint density at radius 1 is 1.62 bits per heavy atom. The summed E-state index contributed by atoms with van der Waals surface area (Å²) in [4.78, 5) is 23.5. The second-order valence-electron chi connectivity index (χ2n) is 4.23. The van der Waals surface area contributed by atoms with Crippen LogP contribution in [0.5, 0.6) is 0 Å². The molecule has 1 aliphatic rings. The second-order valence-corrected chi connectivity index (χ2v) is 6.41. The van der Waals surface area contributed by atoms with E-state index in [0.717, 1.165) is 6.26 Å². The molecule has 0 saturated carbocycles. The summed E-state index contributed by atoms with van der Waals surface area (Å²) in [6.07, 6.45) is 1.06. The summed E-state index contributed by atoms with van der Waals surface area (Å²) in [5, 5.41) is 8.77. The van der Waals surface area contributed by atoms with Crippen LogP contribution in [0.1, 0.15) is 13.3 Å². The van der Waals surface area contributed by atoms with Gasteiger partial charge in [-0.3, -0.25) is 9.59 Å². The van der Waals surface area contributed by atoms with Crippen LogP contribution in [0.15, 0.2) is 0 Å². The van der Waals surface area contributed by atoms with Crippen molar-refractivity contribution in [2.75, 3.05) is 18.6 Å². The van der Waals surface area contributed by atoms with Gasteiger partial charge >= 0.3 is 5.97 Å². The molecular weight excluding hydrogens is 234 g/mol. The number of hydrogen-bond acceptors (Lipinski definition) is 4. The van der Waals surface area contributed by atoms with Crippen molar-refractivity contribution in [1.82, 2.24) is 4.90 Å². The maximum atomic E-state index is 11.5. The molecule has 92 valence electrons. The number of sulfone groups is 1. The fraction of sp³-hybridized carbons (Fsp3) is 0.778. The molecule has 0 aromatic rings. The van der Waals surface area contributed by atoms with Gasteiger partial charge in [0.05, 0.1) is 11.7 Å². The normalized spacial score (nSPS) is 23.5. The third-order valence-electron chi connectivity index (χ3n) is 2.58. The molecule has 1 fully saturated rings. The summed E-state index contributed by atoms with van der Waals surface area (Å²) in [6, 6.07) is -0.466. The Hall–Kier alpha value is -1.11. The van der Waals surface area contributed by atoms with Gasteiger partial charge in [0.1, 0.15) is 9.84 Å². The highest BCUT2D eigenvalue weighted by atomic mass is 32.2. The average Bonchev–Trinajstić information content (AvgIpc) is 2.44. The highest BCUT2D eigenvalue weighted by molar-refractivity contribution is 7.90. The van der Waals surface area contributed by atoms with Crippen LogP contribution in [-0.2, 0) is 19.4 Å². The molecule has 0 aliphatic carbocycles. The van der Waals surface area contributed by atoms with E-state index in [0.29, 0.717) is 0 Å². The van der Waals surface area contributed by atoms with Crippen molar-refractivity contribution in [1.29, 1.82) is 0 Å². The Labute approximate surface area is 94.2 Å². The Bertz CT molecular complexity index is 402. The van der Waals surface area contributed by atoms with Crippen molar-refractivity contribution in [3.63, 3.8) is 0 Å². The van der Waals surface area contributed by atoms with E-state index < -0.39 is 27.8 Å². The van der Waals surface area contributed by atoms with Crippen LogP contribution in [0.4, 0.5) is 0 Å². The molecule has 1 N–H and O–H groups in total. The fourth-order valence-electron chi connectivity index (χ4n) is 1.85. The third kappa shape index (κ3) is 3.19. The maximum Gasteiger partial charge on any atom is 0.308 e. The van der Waals surface area contributed by atoms with Gasteiger partial charge in [-0.1, -0.05) is 0 Å². The van der Waals surface area contributed by atoms with Crippen molar-refractivity contribution in [3.8, 4) is 0 Å². The number of amides is 1. The quantitative estimate of drug-likeness (QED) is 0.715. The van der Waals surface area contributed by atoms with Crippen molar-refractivity contribution >= 4 is 21.7 Å². The van der Waals surface area contributed by atoms with E-state index in [-0.39, 0.29) is 24.6 Å². The Morgan fingerprint density at radius 3 is 2.56 bits per heavy atom. The number of hydrogen-bond donors (Lipinski definition) is 1. The summed E-state index contributed by atoms with van der Waals surface area (Å²) >= 11 is 0. The van der Waals surface area contributed by atoms with Crippen molar-refractivity contribution in [2.45, 2.75) is 19.4 Å². The van der Waals surface area contributed by atoms with Gasteiger partial charge in [0, 0.05) is 25.3 Å². The minimum absolute atomic E-state index is 0.0383. The lowest BCUT2D eigenvalue weighted by atomic mass is 10.1. The number of carbonyl (C=O) groups is 2. The molecule has 0 aromatic heterocycles. The summed E-state index contributed by atoms with van der Waals surface area (Å²) < 4.78 is 22.1. The minimum Gasteiger partial charge on any atom is -0.481 e.